The maximum Gasteiger partial charge on any atom is 0.240 e. The van der Waals surface area contributed by atoms with E-state index in [1.165, 1.54) is 10.7 Å². The lowest BCUT2D eigenvalue weighted by molar-refractivity contribution is 0.598. The van der Waals surface area contributed by atoms with Crippen LogP contribution in [0.4, 0.5) is 5.69 Å². The fourth-order valence-corrected chi connectivity index (χ4v) is 2.83. The lowest BCUT2D eigenvalue weighted by atomic mass is 10.3. The van der Waals surface area contributed by atoms with Crippen LogP contribution in [0.1, 0.15) is 0 Å². The zero-order chi connectivity index (χ0) is 13.3. The van der Waals surface area contributed by atoms with Crippen LogP contribution in [-0.4, -0.2) is 28.6 Å². The number of nitrogens with two attached hydrogens (primary N) is 2. The van der Waals surface area contributed by atoms with Crippen molar-refractivity contribution in [3.63, 3.8) is 0 Å². The van der Waals surface area contributed by atoms with Gasteiger partial charge in [-0.05, 0) is 34.3 Å². The Morgan fingerprint density at radius 3 is 2.67 bits per heavy atom. The molecule has 0 amide bonds. The molecular formula is C8H10N6O2S2. The van der Waals surface area contributed by atoms with Gasteiger partial charge in [0.1, 0.15) is 4.90 Å². The van der Waals surface area contributed by atoms with Gasteiger partial charge in [0, 0.05) is 11.9 Å². The monoisotopic (exact) mass is 286 g/mol. The Hall–Kier alpha value is -1.65. The highest BCUT2D eigenvalue weighted by atomic mass is 32.2. The number of nitrogen functional groups attached to an aromatic ring is 1. The summed E-state index contributed by atoms with van der Waals surface area (Å²) in [6, 6.07) is 4.58. The molecule has 0 bridgehead atoms. The summed E-state index contributed by atoms with van der Waals surface area (Å²) in [5.74, 6) is 0. The van der Waals surface area contributed by atoms with Gasteiger partial charge in [-0.25, -0.2) is 18.2 Å². The van der Waals surface area contributed by atoms with Crippen molar-refractivity contribution < 1.29 is 8.42 Å². The smallest absolute Gasteiger partial charge is 0.240 e. The van der Waals surface area contributed by atoms with E-state index in [-0.39, 0.29) is 10.6 Å². The molecule has 2 aromatic rings. The summed E-state index contributed by atoms with van der Waals surface area (Å²) in [5.41, 5.74) is 5.87. The fraction of sp³-hybridized carbons (Fsp3) is 0.125. The van der Waals surface area contributed by atoms with E-state index in [0.29, 0.717) is 10.1 Å². The first kappa shape index (κ1) is 12.8. The Morgan fingerprint density at radius 1 is 1.39 bits per heavy atom. The lowest BCUT2D eigenvalue weighted by Gasteiger charge is -2.07. The van der Waals surface area contributed by atoms with Crippen molar-refractivity contribution in [2.75, 3.05) is 5.73 Å². The van der Waals surface area contributed by atoms with E-state index < -0.39 is 10.0 Å². The van der Waals surface area contributed by atoms with E-state index in [9.17, 15) is 8.42 Å². The topological polar surface area (TPSA) is 130 Å². The normalized spacial score (nSPS) is 11.7. The molecule has 2 rings (SSSR count). The van der Waals surface area contributed by atoms with Crippen LogP contribution in [0.3, 0.4) is 0 Å². The Labute approximate surface area is 107 Å². The quantitative estimate of drug-likeness (QED) is 0.733. The number of benzene rings is 1. The maximum absolute atomic E-state index is 11.3. The number of rotatable bonds is 3. The van der Waals surface area contributed by atoms with Gasteiger partial charge in [-0.1, -0.05) is 6.07 Å². The molecule has 0 radical (unpaired) electrons. The van der Waals surface area contributed by atoms with Gasteiger partial charge in [-0.3, -0.25) is 0 Å². The Balaban J connectivity index is 2.45. The van der Waals surface area contributed by atoms with Crippen LogP contribution in [0.2, 0.25) is 0 Å². The molecule has 18 heavy (non-hydrogen) atoms. The van der Waals surface area contributed by atoms with Crippen molar-refractivity contribution in [1.82, 2.24) is 20.2 Å². The molecular weight excluding hydrogens is 276 g/mol. The second kappa shape index (κ2) is 4.55. The van der Waals surface area contributed by atoms with Gasteiger partial charge in [0.25, 0.3) is 0 Å². The summed E-state index contributed by atoms with van der Waals surface area (Å²) in [4.78, 5) is 0.419. The van der Waals surface area contributed by atoms with E-state index in [1.54, 1.807) is 19.2 Å². The van der Waals surface area contributed by atoms with Gasteiger partial charge in [-0.15, -0.1) is 5.10 Å². The molecule has 0 saturated heterocycles. The Kier molecular flexibility index (Phi) is 3.24. The van der Waals surface area contributed by atoms with E-state index in [0.717, 1.165) is 11.8 Å². The molecule has 4 N–H and O–H groups in total. The van der Waals surface area contributed by atoms with Crippen LogP contribution in [0.25, 0.3) is 0 Å². The number of nitrogens with zero attached hydrogens (tertiary/aromatic N) is 4. The highest BCUT2D eigenvalue weighted by Gasteiger charge is 2.16. The molecule has 96 valence electrons. The standard InChI is InChI=1S/C8H10N6O2S2/c1-14-8(11-12-13-14)17-5-3-2-4-6(7(5)9)18(10,15)16/h2-4H,9H2,1H3,(H2,10,15,16). The molecule has 0 saturated carbocycles. The van der Waals surface area contributed by atoms with Crippen molar-refractivity contribution in [3.05, 3.63) is 18.2 Å². The van der Waals surface area contributed by atoms with Gasteiger partial charge in [0.05, 0.1) is 5.69 Å². The van der Waals surface area contributed by atoms with E-state index in [2.05, 4.69) is 15.5 Å². The molecule has 0 aliphatic heterocycles. The minimum atomic E-state index is -3.84. The minimum Gasteiger partial charge on any atom is -0.397 e. The second-order valence-corrected chi connectivity index (χ2v) is 5.94. The van der Waals surface area contributed by atoms with Gasteiger partial charge in [-0.2, -0.15) is 0 Å². The lowest BCUT2D eigenvalue weighted by Crippen LogP contribution is -2.14. The molecule has 0 atom stereocenters. The molecule has 0 aliphatic rings. The Morgan fingerprint density at radius 2 is 2.11 bits per heavy atom. The van der Waals surface area contributed by atoms with Gasteiger partial charge < -0.3 is 5.73 Å². The van der Waals surface area contributed by atoms with Crippen molar-refractivity contribution >= 4 is 27.5 Å². The summed E-state index contributed by atoms with van der Waals surface area (Å²) < 4.78 is 24.1. The molecule has 1 aromatic heterocycles. The summed E-state index contributed by atoms with van der Waals surface area (Å²) in [5, 5.41) is 16.5. The number of aryl methyl sites for hydroxylation is 1. The molecule has 0 aliphatic carbocycles. The summed E-state index contributed by atoms with van der Waals surface area (Å²) in [7, 11) is -2.17. The van der Waals surface area contributed by atoms with Crippen LogP contribution in [0.15, 0.2) is 33.1 Å². The minimum absolute atomic E-state index is 0.0907. The highest BCUT2D eigenvalue weighted by Crippen LogP contribution is 2.33. The van der Waals surface area contributed by atoms with Crippen LogP contribution in [0, 0.1) is 0 Å². The van der Waals surface area contributed by atoms with Crippen molar-refractivity contribution in [2.45, 2.75) is 14.9 Å². The van der Waals surface area contributed by atoms with Crippen LogP contribution >= 0.6 is 11.8 Å². The zero-order valence-electron chi connectivity index (χ0n) is 9.31. The first-order valence-corrected chi connectivity index (χ1v) is 7.07. The third kappa shape index (κ3) is 2.44. The summed E-state index contributed by atoms with van der Waals surface area (Å²) in [6.07, 6.45) is 0. The van der Waals surface area contributed by atoms with Crippen molar-refractivity contribution in [3.8, 4) is 0 Å². The van der Waals surface area contributed by atoms with E-state index >= 15 is 0 Å². The molecule has 1 heterocycles. The number of hydrogen-bond donors (Lipinski definition) is 2. The average molecular weight is 286 g/mol. The summed E-state index contributed by atoms with van der Waals surface area (Å²) >= 11 is 1.16. The van der Waals surface area contributed by atoms with Gasteiger partial charge >= 0.3 is 0 Å². The highest BCUT2D eigenvalue weighted by molar-refractivity contribution is 7.99. The predicted molar refractivity (Wildman–Crippen MR) is 65.1 cm³/mol. The largest absolute Gasteiger partial charge is 0.397 e. The number of primary sulfonamides is 1. The third-order valence-corrected chi connectivity index (χ3v) is 4.19. The number of para-hydroxylation sites is 1. The first-order valence-electron chi connectivity index (χ1n) is 4.71. The third-order valence-electron chi connectivity index (χ3n) is 2.12. The number of hydrogen-bond acceptors (Lipinski definition) is 7. The predicted octanol–water partition coefficient (Wildman–Crippen LogP) is -0.409. The van der Waals surface area contributed by atoms with Crippen LogP contribution in [-0.2, 0) is 17.1 Å². The number of aromatic nitrogens is 4. The van der Waals surface area contributed by atoms with Crippen molar-refractivity contribution in [1.29, 1.82) is 0 Å². The average Bonchev–Trinajstić information content (AvgIpc) is 2.66. The maximum atomic E-state index is 11.3. The van der Waals surface area contributed by atoms with Crippen LogP contribution < -0.4 is 10.9 Å². The SMILES string of the molecule is Cn1nnnc1Sc1cccc(S(N)(=O)=O)c1N. The molecule has 10 heteroatoms. The molecule has 0 spiro atoms. The number of tetrazole rings is 1. The number of sulfonamides is 1. The number of anilines is 1. The van der Waals surface area contributed by atoms with Gasteiger partial charge in [0.15, 0.2) is 0 Å². The molecule has 8 nitrogen and oxygen atoms in total. The zero-order valence-corrected chi connectivity index (χ0v) is 10.9. The molecule has 1 aromatic carbocycles. The first-order chi connectivity index (χ1) is 8.39. The fourth-order valence-electron chi connectivity index (χ4n) is 1.27. The van der Waals surface area contributed by atoms with Crippen molar-refractivity contribution in [2.24, 2.45) is 12.2 Å². The summed E-state index contributed by atoms with van der Waals surface area (Å²) in [6.45, 7) is 0. The second-order valence-electron chi connectivity index (χ2n) is 3.40. The molecule has 0 fully saturated rings. The van der Waals surface area contributed by atoms with E-state index in [1.807, 2.05) is 0 Å². The van der Waals surface area contributed by atoms with Crippen LogP contribution in [0.5, 0.6) is 0 Å². The van der Waals surface area contributed by atoms with E-state index in [4.69, 9.17) is 10.9 Å². The van der Waals surface area contributed by atoms with Gasteiger partial charge in [0.2, 0.25) is 15.2 Å². The Bertz CT molecular complexity index is 681. The molecule has 0 unspecified atom stereocenters.